The second-order valence-corrected chi connectivity index (χ2v) is 8.55. The summed E-state index contributed by atoms with van der Waals surface area (Å²) in [6.07, 6.45) is -2.71. The Bertz CT molecular complexity index is 1110. The van der Waals surface area contributed by atoms with Crippen LogP contribution in [0.5, 0.6) is 0 Å². The standard InChI is InChI=1S/C24H25ClF3N3O2/c25-18-4-5-22-20(13-18)21(15-30-22)19(16-2-1-3-17(12-16)24(26,27)28)14-23(32)29-6-7-31-8-10-33-11-9-31/h1-5,12-13,15,19,30H,6-11,14H2,(H,29,32). The Balaban J connectivity index is 1.57. The zero-order valence-corrected chi connectivity index (χ0v) is 18.7. The van der Waals surface area contributed by atoms with E-state index >= 15 is 0 Å². The van der Waals surface area contributed by atoms with Crippen LogP contribution in [0.1, 0.15) is 29.0 Å². The normalized spacial score (nSPS) is 16.1. The average Bonchev–Trinajstić information content (AvgIpc) is 3.20. The van der Waals surface area contributed by atoms with Crippen molar-refractivity contribution in [3.8, 4) is 0 Å². The van der Waals surface area contributed by atoms with Crippen LogP contribution in [0.15, 0.2) is 48.7 Å². The minimum Gasteiger partial charge on any atom is -0.379 e. The smallest absolute Gasteiger partial charge is 0.379 e. The number of H-pyrrole nitrogens is 1. The Morgan fingerprint density at radius 2 is 1.97 bits per heavy atom. The van der Waals surface area contributed by atoms with Crippen molar-refractivity contribution in [1.82, 2.24) is 15.2 Å². The molecule has 3 aromatic rings. The molecule has 1 atom stereocenters. The third-order valence-corrected chi connectivity index (χ3v) is 6.15. The van der Waals surface area contributed by atoms with Crippen LogP contribution in [0.3, 0.4) is 0 Å². The van der Waals surface area contributed by atoms with Gasteiger partial charge in [0.2, 0.25) is 5.91 Å². The lowest BCUT2D eigenvalue weighted by molar-refractivity contribution is -0.137. The quantitative estimate of drug-likeness (QED) is 0.511. The van der Waals surface area contributed by atoms with Crippen LogP contribution in [0.25, 0.3) is 10.9 Å². The number of hydrogen-bond acceptors (Lipinski definition) is 3. The number of carbonyl (C=O) groups excluding carboxylic acids is 1. The molecule has 5 nitrogen and oxygen atoms in total. The van der Waals surface area contributed by atoms with Crippen LogP contribution < -0.4 is 5.32 Å². The summed E-state index contributed by atoms with van der Waals surface area (Å²) in [5.41, 5.74) is 1.22. The minimum atomic E-state index is -4.47. The Hall–Kier alpha value is -2.55. The number of halogens is 4. The van der Waals surface area contributed by atoms with Gasteiger partial charge in [-0.25, -0.2) is 0 Å². The van der Waals surface area contributed by atoms with Gasteiger partial charge in [-0.3, -0.25) is 9.69 Å². The maximum atomic E-state index is 13.4. The highest BCUT2D eigenvalue weighted by Crippen LogP contribution is 2.37. The van der Waals surface area contributed by atoms with E-state index in [0.29, 0.717) is 36.9 Å². The van der Waals surface area contributed by atoms with Gasteiger partial charge in [0.1, 0.15) is 0 Å². The van der Waals surface area contributed by atoms with Crippen molar-refractivity contribution >= 4 is 28.4 Å². The molecule has 2 aromatic carbocycles. The Labute approximate surface area is 194 Å². The van der Waals surface area contributed by atoms with Gasteiger partial charge in [-0.05, 0) is 35.4 Å². The largest absolute Gasteiger partial charge is 0.416 e. The fourth-order valence-electron chi connectivity index (χ4n) is 4.18. The van der Waals surface area contributed by atoms with E-state index in [9.17, 15) is 18.0 Å². The number of rotatable bonds is 7. The Kier molecular flexibility index (Phi) is 7.26. The van der Waals surface area contributed by atoms with Crippen molar-refractivity contribution in [2.24, 2.45) is 0 Å². The van der Waals surface area contributed by atoms with Gasteiger partial charge >= 0.3 is 6.18 Å². The van der Waals surface area contributed by atoms with Crippen molar-refractivity contribution in [3.05, 3.63) is 70.4 Å². The maximum Gasteiger partial charge on any atom is 0.416 e. The summed E-state index contributed by atoms with van der Waals surface area (Å²) in [6, 6.07) is 10.5. The van der Waals surface area contributed by atoms with Gasteiger partial charge < -0.3 is 15.0 Å². The molecule has 0 radical (unpaired) electrons. The molecule has 4 rings (SSSR count). The summed E-state index contributed by atoms with van der Waals surface area (Å²) in [7, 11) is 0. The Morgan fingerprint density at radius 1 is 1.18 bits per heavy atom. The lowest BCUT2D eigenvalue weighted by atomic mass is 9.87. The Morgan fingerprint density at radius 3 is 2.73 bits per heavy atom. The van der Waals surface area contributed by atoms with Crippen LogP contribution in [-0.4, -0.2) is 55.2 Å². The van der Waals surface area contributed by atoms with E-state index in [4.69, 9.17) is 16.3 Å². The van der Waals surface area contributed by atoms with Crippen molar-refractivity contribution < 1.29 is 22.7 Å². The number of morpholine rings is 1. The third kappa shape index (κ3) is 5.88. The van der Waals surface area contributed by atoms with Gasteiger partial charge in [0.25, 0.3) is 0 Å². The molecule has 1 fully saturated rings. The highest BCUT2D eigenvalue weighted by Gasteiger charge is 2.32. The molecule has 1 saturated heterocycles. The van der Waals surface area contributed by atoms with E-state index in [1.54, 1.807) is 24.4 Å². The lowest BCUT2D eigenvalue weighted by Crippen LogP contribution is -2.41. The average molecular weight is 480 g/mol. The van der Waals surface area contributed by atoms with Crippen LogP contribution in [0.2, 0.25) is 5.02 Å². The summed E-state index contributed by atoms with van der Waals surface area (Å²) < 4.78 is 45.4. The molecule has 1 aliphatic rings. The second kappa shape index (κ2) is 10.2. The van der Waals surface area contributed by atoms with Gasteiger partial charge in [-0.2, -0.15) is 13.2 Å². The van der Waals surface area contributed by atoms with Crippen molar-refractivity contribution in [1.29, 1.82) is 0 Å². The molecule has 0 saturated carbocycles. The predicted molar refractivity (Wildman–Crippen MR) is 121 cm³/mol. The van der Waals surface area contributed by atoms with Crippen LogP contribution in [0, 0.1) is 0 Å². The molecular weight excluding hydrogens is 455 g/mol. The van der Waals surface area contributed by atoms with Crippen molar-refractivity contribution in [3.63, 3.8) is 0 Å². The highest BCUT2D eigenvalue weighted by atomic mass is 35.5. The number of nitrogens with one attached hydrogen (secondary N) is 2. The number of alkyl halides is 3. The van der Waals surface area contributed by atoms with Gasteiger partial charge in [0.05, 0.1) is 18.8 Å². The number of benzene rings is 2. The number of amides is 1. The molecule has 176 valence electrons. The predicted octanol–water partition coefficient (Wildman–Crippen LogP) is 4.81. The molecule has 1 amide bonds. The van der Waals surface area contributed by atoms with E-state index in [-0.39, 0.29) is 12.3 Å². The molecule has 9 heteroatoms. The van der Waals surface area contributed by atoms with Gasteiger partial charge in [0.15, 0.2) is 0 Å². The summed E-state index contributed by atoms with van der Waals surface area (Å²) in [5.74, 6) is -0.787. The number of aromatic amines is 1. The van der Waals surface area contributed by atoms with E-state index in [1.165, 1.54) is 6.07 Å². The monoisotopic (exact) mass is 479 g/mol. The molecule has 0 bridgehead atoms. The maximum absolute atomic E-state index is 13.4. The summed E-state index contributed by atoms with van der Waals surface area (Å²) in [4.78, 5) is 18.2. The topological polar surface area (TPSA) is 57.4 Å². The number of fused-ring (bicyclic) bond motifs is 1. The number of nitrogens with zero attached hydrogens (tertiary/aromatic N) is 1. The zero-order valence-electron chi connectivity index (χ0n) is 17.9. The fraction of sp³-hybridized carbons (Fsp3) is 0.375. The fourth-order valence-corrected chi connectivity index (χ4v) is 4.35. The molecule has 2 N–H and O–H groups in total. The second-order valence-electron chi connectivity index (χ2n) is 8.12. The summed E-state index contributed by atoms with van der Waals surface area (Å²) in [5, 5.41) is 4.21. The molecule has 0 spiro atoms. The molecule has 0 aliphatic carbocycles. The van der Waals surface area contributed by atoms with Crippen LogP contribution >= 0.6 is 11.6 Å². The molecule has 2 heterocycles. The summed E-state index contributed by atoms with van der Waals surface area (Å²) in [6.45, 7) is 4.15. The van der Waals surface area contributed by atoms with E-state index < -0.39 is 17.7 Å². The van der Waals surface area contributed by atoms with Crippen LogP contribution in [-0.2, 0) is 15.7 Å². The number of aromatic nitrogens is 1. The highest BCUT2D eigenvalue weighted by molar-refractivity contribution is 6.31. The molecule has 1 aliphatic heterocycles. The van der Waals surface area contributed by atoms with E-state index in [1.807, 2.05) is 6.07 Å². The van der Waals surface area contributed by atoms with E-state index in [0.717, 1.165) is 41.7 Å². The van der Waals surface area contributed by atoms with Crippen molar-refractivity contribution in [2.75, 3.05) is 39.4 Å². The SMILES string of the molecule is O=C(CC(c1cccc(C(F)(F)F)c1)c1c[nH]c2ccc(Cl)cc12)NCCN1CCOCC1. The van der Waals surface area contributed by atoms with Gasteiger partial charge in [-0.15, -0.1) is 0 Å². The number of hydrogen-bond donors (Lipinski definition) is 2. The molecular formula is C24H25ClF3N3O2. The van der Waals surface area contributed by atoms with E-state index in [2.05, 4.69) is 15.2 Å². The first-order valence-electron chi connectivity index (χ1n) is 10.8. The lowest BCUT2D eigenvalue weighted by Gasteiger charge is -2.26. The molecule has 1 aromatic heterocycles. The minimum absolute atomic E-state index is 0.0177. The first kappa shape index (κ1) is 23.6. The van der Waals surface area contributed by atoms with Crippen molar-refractivity contribution in [2.45, 2.75) is 18.5 Å². The molecule has 33 heavy (non-hydrogen) atoms. The molecule has 1 unspecified atom stereocenters. The third-order valence-electron chi connectivity index (χ3n) is 5.91. The van der Waals surface area contributed by atoms with Crippen LogP contribution in [0.4, 0.5) is 13.2 Å². The summed E-state index contributed by atoms with van der Waals surface area (Å²) >= 11 is 6.18. The number of carbonyl (C=O) groups is 1. The zero-order chi connectivity index (χ0) is 23.4. The first-order valence-corrected chi connectivity index (χ1v) is 11.2. The first-order chi connectivity index (χ1) is 15.8. The van der Waals surface area contributed by atoms with Gasteiger partial charge in [-0.1, -0.05) is 29.8 Å². The number of ether oxygens (including phenoxy) is 1. The van der Waals surface area contributed by atoms with Gasteiger partial charge in [0, 0.05) is 60.6 Å².